The highest BCUT2D eigenvalue weighted by Gasteiger charge is 2.25. The molecule has 106 valence electrons. The molecule has 1 aromatic heterocycles. The number of hydrogen-bond acceptors (Lipinski definition) is 3. The lowest BCUT2D eigenvalue weighted by Crippen LogP contribution is -2.44. The van der Waals surface area contributed by atoms with Crippen LogP contribution < -0.4 is 5.32 Å². The highest BCUT2D eigenvalue weighted by Crippen LogP contribution is 2.14. The van der Waals surface area contributed by atoms with Crippen molar-refractivity contribution >= 4 is 5.91 Å². The molecule has 0 saturated heterocycles. The molecule has 0 aliphatic rings. The predicted octanol–water partition coefficient (Wildman–Crippen LogP) is 1.93. The van der Waals surface area contributed by atoms with E-state index in [9.17, 15) is 9.90 Å². The van der Waals surface area contributed by atoms with Crippen LogP contribution in [-0.2, 0) is 11.2 Å². The van der Waals surface area contributed by atoms with Crippen LogP contribution in [0.15, 0.2) is 24.4 Å². The molecule has 4 heteroatoms. The van der Waals surface area contributed by atoms with Crippen LogP contribution in [-0.4, -0.2) is 28.1 Å². The van der Waals surface area contributed by atoms with Crippen molar-refractivity contribution in [3.63, 3.8) is 0 Å². The Morgan fingerprint density at radius 3 is 2.79 bits per heavy atom. The maximum atomic E-state index is 11.7. The summed E-state index contributed by atoms with van der Waals surface area (Å²) in [6.45, 7) is 5.92. The molecule has 0 bridgehead atoms. The van der Waals surface area contributed by atoms with Gasteiger partial charge in [0, 0.05) is 24.9 Å². The average molecular weight is 264 g/mol. The molecule has 1 amide bonds. The van der Waals surface area contributed by atoms with Crippen molar-refractivity contribution in [3.05, 3.63) is 30.1 Å². The largest absolute Gasteiger partial charge is 0.388 e. The number of hydrogen-bond donors (Lipinski definition) is 2. The standard InChI is InChI=1S/C15H24N2O2/c1-12(2)15(3,19)11-17-14(18)9-6-8-13-7-4-5-10-16-13/h4-5,7,10,12,19H,6,8-9,11H2,1-3H3,(H,17,18). The van der Waals surface area contributed by atoms with Crippen LogP contribution in [0.1, 0.15) is 39.3 Å². The van der Waals surface area contributed by atoms with E-state index in [1.54, 1.807) is 13.1 Å². The van der Waals surface area contributed by atoms with Crippen molar-refractivity contribution in [2.45, 2.75) is 45.6 Å². The summed E-state index contributed by atoms with van der Waals surface area (Å²) in [6, 6.07) is 5.79. The van der Waals surface area contributed by atoms with E-state index in [1.807, 2.05) is 32.0 Å². The lowest BCUT2D eigenvalue weighted by molar-refractivity contribution is -0.122. The Morgan fingerprint density at radius 2 is 2.21 bits per heavy atom. The summed E-state index contributed by atoms with van der Waals surface area (Å²) in [6.07, 6.45) is 3.79. The minimum absolute atomic E-state index is 0.0168. The van der Waals surface area contributed by atoms with Crippen LogP contribution in [0.5, 0.6) is 0 Å². The van der Waals surface area contributed by atoms with E-state index in [4.69, 9.17) is 0 Å². The number of nitrogens with zero attached hydrogens (tertiary/aromatic N) is 1. The molecule has 0 saturated carbocycles. The van der Waals surface area contributed by atoms with E-state index in [-0.39, 0.29) is 11.8 Å². The molecule has 1 atom stereocenters. The monoisotopic (exact) mass is 264 g/mol. The van der Waals surface area contributed by atoms with Gasteiger partial charge in [0.15, 0.2) is 0 Å². The third-order valence-electron chi connectivity index (χ3n) is 3.45. The molecule has 19 heavy (non-hydrogen) atoms. The summed E-state index contributed by atoms with van der Waals surface area (Å²) in [5, 5.41) is 12.8. The highest BCUT2D eigenvalue weighted by molar-refractivity contribution is 5.75. The van der Waals surface area contributed by atoms with Gasteiger partial charge in [-0.2, -0.15) is 0 Å². The molecule has 0 aliphatic heterocycles. The van der Waals surface area contributed by atoms with Crippen molar-refractivity contribution < 1.29 is 9.90 Å². The topological polar surface area (TPSA) is 62.2 Å². The predicted molar refractivity (Wildman–Crippen MR) is 75.6 cm³/mol. The fourth-order valence-corrected chi connectivity index (χ4v) is 1.55. The molecule has 0 radical (unpaired) electrons. The van der Waals surface area contributed by atoms with Crippen LogP contribution in [0.4, 0.5) is 0 Å². The van der Waals surface area contributed by atoms with Gasteiger partial charge in [0.1, 0.15) is 0 Å². The van der Waals surface area contributed by atoms with Crippen molar-refractivity contribution in [2.24, 2.45) is 5.92 Å². The molecule has 4 nitrogen and oxygen atoms in total. The number of amides is 1. The second kappa shape index (κ2) is 7.24. The van der Waals surface area contributed by atoms with Crippen LogP contribution in [0.2, 0.25) is 0 Å². The first kappa shape index (κ1) is 15.6. The summed E-state index contributed by atoms with van der Waals surface area (Å²) < 4.78 is 0. The number of pyridine rings is 1. The lowest BCUT2D eigenvalue weighted by Gasteiger charge is -2.27. The molecule has 1 rings (SSSR count). The third-order valence-corrected chi connectivity index (χ3v) is 3.45. The molecule has 1 unspecified atom stereocenters. The second-order valence-corrected chi connectivity index (χ2v) is 5.46. The molecule has 0 aliphatic carbocycles. The van der Waals surface area contributed by atoms with E-state index in [2.05, 4.69) is 10.3 Å². The fraction of sp³-hybridized carbons (Fsp3) is 0.600. The Balaban J connectivity index is 2.22. The number of aliphatic hydroxyl groups is 1. The van der Waals surface area contributed by atoms with E-state index in [0.29, 0.717) is 13.0 Å². The number of rotatable bonds is 7. The summed E-state index contributed by atoms with van der Waals surface area (Å²) in [7, 11) is 0. The van der Waals surface area contributed by atoms with Crippen molar-refractivity contribution in [2.75, 3.05) is 6.54 Å². The van der Waals surface area contributed by atoms with Crippen molar-refractivity contribution in [3.8, 4) is 0 Å². The van der Waals surface area contributed by atoms with E-state index >= 15 is 0 Å². The Morgan fingerprint density at radius 1 is 1.47 bits per heavy atom. The summed E-state index contributed by atoms with van der Waals surface area (Å²) in [5.41, 5.74) is 0.154. The first-order valence-corrected chi connectivity index (χ1v) is 6.81. The van der Waals surface area contributed by atoms with E-state index in [1.165, 1.54) is 0 Å². The van der Waals surface area contributed by atoms with Gasteiger partial charge in [-0.25, -0.2) is 0 Å². The third kappa shape index (κ3) is 5.83. The normalized spacial score (nSPS) is 14.2. The smallest absolute Gasteiger partial charge is 0.220 e. The summed E-state index contributed by atoms with van der Waals surface area (Å²) >= 11 is 0. The molecule has 1 heterocycles. The zero-order chi connectivity index (χ0) is 14.3. The molecule has 0 aromatic carbocycles. The molecule has 0 fully saturated rings. The fourth-order valence-electron chi connectivity index (χ4n) is 1.55. The Bertz CT molecular complexity index is 388. The number of nitrogens with one attached hydrogen (secondary N) is 1. The van der Waals surface area contributed by atoms with Gasteiger partial charge in [0.25, 0.3) is 0 Å². The van der Waals surface area contributed by atoms with E-state index < -0.39 is 5.60 Å². The Kier molecular flexibility index (Phi) is 5.96. The SMILES string of the molecule is CC(C)C(C)(O)CNC(=O)CCCc1ccccn1. The second-order valence-electron chi connectivity index (χ2n) is 5.46. The summed E-state index contributed by atoms with van der Waals surface area (Å²) in [4.78, 5) is 15.9. The average Bonchev–Trinajstić information content (AvgIpc) is 2.37. The van der Waals surface area contributed by atoms with Gasteiger partial charge in [0.05, 0.1) is 5.60 Å². The minimum atomic E-state index is -0.851. The summed E-state index contributed by atoms with van der Waals surface area (Å²) in [5.74, 6) is 0.0955. The zero-order valence-electron chi connectivity index (χ0n) is 12.0. The molecular formula is C15H24N2O2. The first-order valence-electron chi connectivity index (χ1n) is 6.81. The van der Waals surface area contributed by atoms with Gasteiger partial charge in [-0.15, -0.1) is 0 Å². The van der Waals surface area contributed by atoms with Crippen molar-refractivity contribution in [1.29, 1.82) is 0 Å². The molecule has 2 N–H and O–H groups in total. The van der Waals surface area contributed by atoms with Gasteiger partial charge in [-0.3, -0.25) is 9.78 Å². The highest BCUT2D eigenvalue weighted by atomic mass is 16.3. The van der Waals surface area contributed by atoms with Gasteiger partial charge < -0.3 is 10.4 Å². The molecule has 0 spiro atoms. The van der Waals surface area contributed by atoms with Gasteiger partial charge in [-0.05, 0) is 37.8 Å². The van der Waals surface area contributed by atoms with Crippen LogP contribution in [0.25, 0.3) is 0 Å². The van der Waals surface area contributed by atoms with Gasteiger partial charge >= 0.3 is 0 Å². The quantitative estimate of drug-likeness (QED) is 0.791. The Labute approximate surface area is 115 Å². The molecular weight excluding hydrogens is 240 g/mol. The van der Waals surface area contributed by atoms with Gasteiger partial charge in [-0.1, -0.05) is 19.9 Å². The Hall–Kier alpha value is -1.42. The minimum Gasteiger partial charge on any atom is -0.388 e. The van der Waals surface area contributed by atoms with E-state index in [0.717, 1.165) is 18.5 Å². The van der Waals surface area contributed by atoms with Crippen LogP contribution in [0, 0.1) is 5.92 Å². The first-order chi connectivity index (χ1) is 8.92. The molecule has 1 aromatic rings. The van der Waals surface area contributed by atoms with Gasteiger partial charge in [0.2, 0.25) is 5.91 Å². The zero-order valence-corrected chi connectivity index (χ0v) is 12.0. The number of aryl methyl sites for hydroxylation is 1. The number of carbonyl (C=O) groups excluding carboxylic acids is 1. The maximum absolute atomic E-state index is 11.7. The maximum Gasteiger partial charge on any atom is 0.220 e. The van der Waals surface area contributed by atoms with Crippen LogP contribution in [0.3, 0.4) is 0 Å². The number of carbonyl (C=O) groups is 1. The number of aromatic nitrogens is 1. The van der Waals surface area contributed by atoms with Crippen molar-refractivity contribution in [1.82, 2.24) is 10.3 Å². The van der Waals surface area contributed by atoms with Crippen LogP contribution >= 0.6 is 0 Å². The lowest BCUT2D eigenvalue weighted by atomic mass is 9.92.